The van der Waals surface area contributed by atoms with Crippen LogP contribution in [0.1, 0.15) is 25.7 Å². The quantitative estimate of drug-likeness (QED) is 0.312. The Kier molecular flexibility index (Phi) is 3.76. The van der Waals surface area contributed by atoms with Crippen LogP contribution in [0.3, 0.4) is 0 Å². The molecule has 6 heteroatoms. The molecule has 0 bridgehead atoms. The third-order valence-electron chi connectivity index (χ3n) is 3.70. The number of rotatable bonds is 3. The zero-order valence-corrected chi connectivity index (χ0v) is 10.1. The van der Waals surface area contributed by atoms with Crippen LogP contribution in [0.2, 0.25) is 0 Å². The fourth-order valence-electron chi connectivity index (χ4n) is 2.59. The second-order valence-corrected chi connectivity index (χ2v) is 4.85. The molecule has 0 aromatic carbocycles. The maximum absolute atomic E-state index is 11.4. The smallest absolute Gasteiger partial charge is 0.253 e. The maximum Gasteiger partial charge on any atom is 0.253 e. The van der Waals surface area contributed by atoms with Crippen LogP contribution >= 0.6 is 0 Å². The second kappa shape index (κ2) is 5.30. The molecule has 0 radical (unpaired) electrons. The molecule has 18 heavy (non-hydrogen) atoms. The molecule has 0 unspecified atom stereocenters. The lowest BCUT2D eigenvalue weighted by Gasteiger charge is -2.29. The van der Waals surface area contributed by atoms with Crippen LogP contribution in [0.25, 0.3) is 0 Å². The van der Waals surface area contributed by atoms with Gasteiger partial charge in [-0.15, -0.1) is 0 Å². The van der Waals surface area contributed by atoms with E-state index in [4.69, 9.17) is 5.84 Å². The van der Waals surface area contributed by atoms with Crippen LogP contribution in [0.4, 0.5) is 0 Å². The monoisotopic (exact) mass is 251 g/mol. The predicted molar refractivity (Wildman–Crippen MR) is 63.6 cm³/mol. The lowest BCUT2D eigenvalue weighted by Crippen LogP contribution is -2.40. The Labute approximate surface area is 105 Å². The summed E-state index contributed by atoms with van der Waals surface area (Å²) in [4.78, 5) is 35.5. The molecule has 1 aliphatic carbocycles. The van der Waals surface area contributed by atoms with Crippen molar-refractivity contribution in [3.63, 3.8) is 0 Å². The normalized spacial score (nSPS) is 27.7. The Morgan fingerprint density at radius 2 is 1.78 bits per heavy atom. The second-order valence-electron chi connectivity index (χ2n) is 4.85. The summed E-state index contributed by atoms with van der Waals surface area (Å²) in [6.45, 7) is 0.460. The van der Waals surface area contributed by atoms with Gasteiger partial charge in [-0.25, -0.2) is 5.84 Å². The van der Waals surface area contributed by atoms with Crippen molar-refractivity contribution in [1.29, 1.82) is 0 Å². The third-order valence-corrected chi connectivity index (χ3v) is 3.70. The number of nitrogens with one attached hydrogen (secondary N) is 1. The highest BCUT2D eigenvalue weighted by Crippen LogP contribution is 2.29. The molecular formula is C12H17N3O3. The SMILES string of the molecule is NNC(=O)C1CCC(CN2C(=O)C=CC2=O)CC1. The van der Waals surface area contributed by atoms with E-state index in [1.807, 2.05) is 0 Å². The molecule has 1 aliphatic heterocycles. The Morgan fingerprint density at radius 1 is 1.22 bits per heavy atom. The first-order chi connectivity index (χ1) is 8.61. The van der Waals surface area contributed by atoms with E-state index in [-0.39, 0.29) is 23.6 Å². The van der Waals surface area contributed by atoms with Gasteiger partial charge < -0.3 is 0 Å². The molecule has 2 rings (SSSR count). The molecular weight excluding hydrogens is 234 g/mol. The number of hydrazine groups is 1. The van der Waals surface area contributed by atoms with Crippen molar-refractivity contribution < 1.29 is 14.4 Å². The Hall–Kier alpha value is -1.69. The van der Waals surface area contributed by atoms with Crippen molar-refractivity contribution in [2.24, 2.45) is 17.7 Å². The number of imide groups is 1. The van der Waals surface area contributed by atoms with Gasteiger partial charge in [-0.2, -0.15) is 0 Å². The number of hydrogen-bond donors (Lipinski definition) is 2. The average Bonchev–Trinajstić information content (AvgIpc) is 2.70. The van der Waals surface area contributed by atoms with Crippen molar-refractivity contribution in [3.8, 4) is 0 Å². The van der Waals surface area contributed by atoms with Crippen LogP contribution in [0.15, 0.2) is 12.2 Å². The van der Waals surface area contributed by atoms with Gasteiger partial charge in [0.2, 0.25) is 5.91 Å². The van der Waals surface area contributed by atoms with E-state index in [1.165, 1.54) is 17.1 Å². The summed E-state index contributed by atoms with van der Waals surface area (Å²) in [7, 11) is 0. The van der Waals surface area contributed by atoms with Crippen LogP contribution in [0.5, 0.6) is 0 Å². The highest BCUT2D eigenvalue weighted by Gasteiger charge is 2.30. The summed E-state index contributed by atoms with van der Waals surface area (Å²) in [5, 5.41) is 0. The van der Waals surface area contributed by atoms with Gasteiger partial charge in [-0.1, -0.05) is 0 Å². The minimum Gasteiger partial charge on any atom is -0.294 e. The molecule has 0 atom stereocenters. The molecule has 3 N–H and O–H groups in total. The van der Waals surface area contributed by atoms with E-state index in [2.05, 4.69) is 5.43 Å². The number of carbonyl (C=O) groups excluding carboxylic acids is 3. The predicted octanol–water partition coefficient (Wildman–Crippen LogP) is -0.292. The van der Waals surface area contributed by atoms with Gasteiger partial charge in [-0.05, 0) is 31.6 Å². The van der Waals surface area contributed by atoms with Crippen LogP contribution in [0, 0.1) is 11.8 Å². The largest absolute Gasteiger partial charge is 0.294 e. The van der Waals surface area contributed by atoms with Crippen molar-refractivity contribution in [3.05, 3.63) is 12.2 Å². The molecule has 6 nitrogen and oxygen atoms in total. The topological polar surface area (TPSA) is 92.5 Å². The number of amides is 3. The van der Waals surface area contributed by atoms with Gasteiger partial charge in [0.05, 0.1) is 0 Å². The summed E-state index contributed by atoms with van der Waals surface area (Å²) in [5.41, 5.74) is 2.17. The van der Waals surface area contributed by atoms with Crippen molar-refractivity contribution in [1.82, 2.24) is 10.3 Å². The van der Waals surface area contributed by atoms with Crippen molar-refractivity contribution in [2.75, 3.05) is 6.54 Å². The van der Waals surface area contributed by atoms with Gasteiger partial charge in [0, 0.05) is 24.6 Å². The lowest BCUT2D eigenvalue weighted by atomic mass is 9.81. The molecule has 98 valence electrons. The summed E-state index contributed by atoms with van der Waals surface area (Å²) >= 11 is 0. The van der Waals surface area contributed by atoms with Crippen LogP contribution in [-0.4, -0.2) is 29.2 Å². The first-order valence-corrected chi connectivity index (χ1v) is 6.16. The van der Waals surface area contributed by atoms with E-state index in [1.54, 1.807) is 0 Å². The molecule has 3 amide bonds. The van der Waals surface area contributed by atoms with Gasteiger partial charge in [-0.3, -0.25) is 24.7 Å². The maximum atomic E-state index is 11.4. The van der Waals surface area contributed by atoms with E-state index in [0.29, 0.717) is 12.5 Å². The van der Waals surface area contributed by atoms with E-state index in [9.17, 15) is 14.4 Å². The number of hydrogen-bond acceptors (Lipinski definition) is 4. The zero-order valence-electron chi connectivity index (χ0n) is 10.1. The summed E-state index contributed by atoms with van der Waals surface area (Å²) in [6.07, 6.45) is 5.81. The molecule has 1 fully saturated rings. The first-order valence-electron chi connectivity index (χ1n) is 6.16. The molecule has 2 aliphatic rings. The van der Waals surface area contributed by atoms with E-state index < -0.39 is 0 Å². The lowest BCUT2D eigenvalue weighted by molar-refractivity contribution is -0.138. The fraction of sp³-hybridized carbons (Fsp3) is 0.583. The molecule has 0 saturated heterocycles. The van der Waals surface area contributed by atoms with Crippen molar-refractivity contribution in [2.45, 2.75) is 25.7 Å². The Balaban J connectivity index is 1.82. The number of nitrogens with two attached hydrogens (primary N) is 1. The Morgan fingerprint density at radius 3 is 2.28 bits per heavy atom. The highest BCUT2D eigenvalue weighted by molar-refractivity contribution is 6.12. The van der Waals surface area contributed by atoms with Gasteiger partial charge in [0.1, 0.15) is 0 Å². The molecule has 1 saturated carbocycles. The Bertz CT molecular complexity index is 379. The van der Waals surface area contributed by atoms with Crippen LogP contribution in [-0.2, 0) is 14.4 Å². The summed E-state index contributed by atoms with van der Waals surface area (Å²) < 4.78 is 0. The number of carbonyl (C=O) groups is 3. The summed E-state index contributed by atoms with van der Waals surface area (Å²) in [5.74, 6) is 4.77. The minimum absolute atomic E-state index is 0.0330. The third kappa shape index (κ3) is 2.59. The summed E-state index contributed by atoms with van der Waals surface area (Å²) in [6, 6.07) is 0. The minimum atomic E-state index is -0.234. The van der Waals surface area contributed by atoms with Gasteiger partial charge in [0.25, 0.3) is 11.8 Å². The first kappa shape index (κ1) is 12.8. The molecule has 0 aromatic heterocycles. The van der Waals surface area contributed by atoms with Gasteiger partial charge >= 0.3 is 0 Å². The van der Waals surface area contributed by atoms with Crippen LogP contribution < -0.4 is 11.3 Å². The standard InChI is InChI=1S/C12H17N3O3/c13-14-12(18)9-3-1-8(2-4-9)7-15-10(16)5-6-11(15)17/h5-6,8-9H,1-4,7,13H2,(H,14,18). The fourth-order valence-corrected chi connectivity index (χ4v) is 2.59. The molecule has 1 heterocycles. The van der Waals surface area contributed by atoms with E-state index >= 15 is 0 Å². The number of nitrogens with zero attached hydrogens (tertiary/aromatic N) is 1. The van der Waals surface area contributed by atoms with Crippen molar-refractivity contribution >= 4 is 17.7 Å². The zero-order chi connectivity index (χ0) is 13.1. The highest BCUT2D eigenvalue weighted by atomic mass is 16.2. The van der Waals surface area contributed by atoms with Gasteiger partial charge in [0.15, 0.2) is 0 Å². The van der Waals surface area contributed by atoms with E-state index in [0.717, 1.165) is 25.7 Å². The molecule has 0 aromatic rings. The molecule has 0 spiro atoms. The average molecular weight is 251 g/mol.